The van der Waals surface area contributed by atoms with Gasteiger partial charge in [-0.15, -0.1) is 0 Å². The number of carbonyl (C=O) groups excluding carboxylic acids is 2. The number of amides is 1. The normalized spacial score (nSPS) is 19.5. The van der Waals surface area contributed by atoms with E-state index in [-0.39, 0.29) is 17.7 Å². The molecule has 1 atom stereocenters. The van der Waals surface area contributed by atoms with Gasteiger partial charge in [0.1, 0.15) is 0 Å². The van der Waals surface area contributed by atoms with Gasteiger partial charge in [0.05, 0.1) is 11.7 Å². The van der Waals surface area contributed by atoms with Crippen LogP contribution in [0.25, 0.3) is 6.08 Å². The third-order valence-electron chi connectivity index (χ3n) is 3.76. The number of nitrogens with zero attached hydrogens (tertiary/aromatic N) is 3. The van der Waals surface area contributed by atoms with E-state index in [1.807, 2.05) is 20.0 Å². The van der Waals surface area contributed by atoms with Gasteiger partial charge in [-0.1, -0.05) is 6.92 Å². The molecule has 0 N–H and O–H groups in total. The summed E-state index contributed by atoms with van der Waals surface area (Å²) in [5.41, 5.74) is 0.869. The monoisotopic (exact) mass is 275 g/mol. The van der Waals surface area contributed by atoms with Crippen molar-refractivity contribution < 1.29 is 9.59 Å². The van der Waals surface area contributed by atoms with Crippen molar-refractivity contribution in [2.24, 2.45) is 7.05 Å². The van der Waals surface area contributed by atoms with Gasteiger partial charge in [0.25, 0.3) is 0 Å². The summed E-state index contributed by atoms with van der Waals surface area (Å²) >= 11 is 0. The highest BCUT2D eigenvalue weighted by molar-refractivity contribution is 5.96. The van der Waals surface area contributed by atoms with Gasteiger partial charge in [0.2, 0.25) is 5.91 Å². The van der Waals surface area contributed by atoms with Crippen LogP contribution in [0.1, 0.15) is 38.3 Å². The topological polar surface area (TPSA) is 55.2 Å². The Hall–Kier alpha value is -1.91. The number of likely N-dealkylation sites (tertiary alicyclic amines) is 1. The van der Waals surface area contributed by atoms with Crippen molar-refractivity contribution in [3.63, 3.8) is 0 Å². The van der Waals surface area contributed by atoms with Crippen LogP contribution in [-0.2, 0) is 16.6 Å². The van der Waals surface area contributed by atoms with Gasteiger partial charge in [-0.3, -0.25) is 14.3 Å². The molecule has 108 valence electrons. The fraction of sp³-hybridized carbons (Fsp3) is 0.533. The minimum Gasteiger partial charge on any atom is -0.329 e. The standard InChI is InChI=1S/C15H21N3O2/c1-3-14(19)13-6-4-5-11-18(13)15(20)8-7-12-9-10-16-17(12)2/h7-10,13H,3-6,11H2,1-2H3/b8-7+/t13-/m1/s1. The first-order chi connectivity index (χ1) is 9.63. The Kier molecular flexibility index (Phi) is 4.71. The summed E-state index contributed by atoms with van der Waals surface area (Å²) in [6, 6.07) is 1.60. The summed E-state index contributed by atoms with van der Waals surface area (Å²) in [4.78, 5) is 25.9. The van der Waals surface area contributed by atoms with E-state index >= 15 is 0 Å². The second kappa shape index (κ2) is 6.50. The lowest BCUT2D eigenvalue weighted by molar-refractivity contribution is -0.137. The Morgan fingerprint density at radius 2 is 2.25 bits per heavy atom. The van der Waals surface area contributed by atoms with Crippen molar-refractivity contribution in [3.05, 3.63) is 24.0 Å². The van der Waals surface area contributed by atoms with Crippen molar-refractivity contribution in [1.29, 1.82) is 0 Å². The molecule has 1 amide bonds. The van der Waals surface area contributed by atoms with Gasteiger partial charge >= 0.3 is 0 Å². The predicted molar refractivity (Wildman–Crippen MR) is 76.9 cm³/mol. The third-order valence-corrected chi connectivity index (χ3v) is 3.76. The summed E-state index contributed by atoms with van der Waals surface area (Å²) < 4.78 is 1.70. The van der Waals surface area contributed by atoms with E-state index in [2.05, 4.69) is 5.10 Å². The molecule has 5 nitrogen and oxygen atoms in total. The molecule has 0 aromatic carbocycles. The molecule has 2 heterocycles. The molecule has 0 aliphatic carbocycles. The molecule has 1 aliphatic heterocycles. The number of hydrogen-bond acceptors (Lipinski definition) is 3. The Balaban J connectivity index is 2.08. The maximum Gasteiger partial charge on any atom is 0.247 e. The number of Topliss-reactive ketones (excluding diaryl/α,β-unsaturated/α-hetero) is 1. The molecule has 1 aromatic rings. The molecule has 0 spiro atoms. The lowest BCUT2D eigenvalue weighted by atomic mass is 9.97. The van der Waals surface area contributed by atoms with Crippen molar-refractivity contribution in [2.45, 2.75) is 38.6 Å². The molecule has 0 unspecified atom stereocenters. The molecular formula is C15H21N3O2. The van der Waals surface area contributed by atoms with Crippen LogP contribution in [0.3, 0.4) is 0 Å². The van der Waals surface area contributed by atoms with Gasteiger partial charge in [0.15, 0.2) is 5.78 Å². The van der Waals surface area contributed by atoms with Crippen LogP contribution < -0.4 is 0 Å². The highest BCUT2D eigenvalue weighted by Gasteiger charge is 2.29. The Labute approximate surface area is 119 Å². The minimum atomic E-state index is -0.238. The maximum absolute atomic E-state index is 12.3. The second-order valence-electron chi connectivity index (χ2n) is 5.08. The van der Waals surface area contributed by atoms with E-state index in [0.717, 1.165) is 25.0 Å². The van der Waals surface area contributed by atoms with E-state index < -0.39 is 0 Å². The molecule has 20 heavy (non-hydrogen) atoms. The summed E-state index contributed by atoms with van der Waals surface area (Å²) in [6.07, 6.45) is 8.24. The highest BCUT2D eigenvalue weighted by atomic mass is 16.2. The molecule has 1 aromatic heterocycles. The highest BCUT2D eigenvalue weighted by Crippen LogP contribution is 2.19. The third kappa shape index (κ3) is 3.15. The summed E-state index contributed by atoms with van der Waals surface area (Å²) in [6.45, 7) is 2.52. The molecule has 0 saturated carbocycles. The average molecular weight is 275 g/mol. The lowest BCUT2D eigenvalue weighted by Gasteiger charge is -2.33. The fourth-order valence-electron chi connectivity index (χ4n) is 2.57. The molecule has 1 saturated heterocycles. The number of aryl methyl sites for hydroxylation is 1. The van der Waals surface area contributed by atoms with Gasteiger partial charge in [-0.25, -0.2) is 0 Å². The zero-order chi connectivity index (χ0) is 14.5. The maximum atomic E-state index is 12.3. The van der Waals surface area contributed by atoms with Crippen LogP contribution in [0, 0.1) is 0 Å². The van der Waals surface area contributed by atoms with Gasteiger partial charge in [0, 0.05) is 32.3 Å². The van der Waals surface area contributed by atoms with Crippen molar-refractivity contribution >= 4 is 17.8 Å². The first-order valence-corrected chi connectivity index (χ1v) is 7.13. The second-order valence-corrected chi connectivity index (χ2v) is 5.08. The van der Waals surface area contributed by atoms with Crippen LogP contribution in [0.5, 0.6) is 0 Å². The first-order valence-electron chi connectivity index (χ1n) is 7.13. The zero-order valence-electron chi connectivity index (χ0n) is 12.1. The van der Waals surface area contributed by atoms with Crippen LogP contribution in [0.4, 0.5) is 0 Å². The molecule has 0 bridgehead atoms. The Morgan fingerprint density at radius 1 is 1.45 bits per heavy atom. The minimum absolute atomic E-state index is 0.0855. The SMILES string of the molecule is CCC(=O)[C@H]1CCCCN1C(=O)/C=C/c1ccnn1C. The Morgan fingerprint density at radius 3 is 2.90 bits per heavy atom. The van der Waals surface area contributed by atoms with E-state index in [0.29, 0.717) is 13.0 Å². The van der Waals surface area contributed by atoms with Crippen LogP contribution in [-0.4, -0.2) is 39.0 Å². The van der Waals surface area contributed by atoms with Crippen molar-refractivity contribution in [2.75, 3.05) is 6.54 Å². The van der Waals surface area contributed by atoms with Gasteiger partial charge in [-0.2, -0.15) is 5.10 Å². The molecule has 1 aliphatic rings. The number of aromatic nitrogens is 2. The summed E-state index contributed by atoms with van der Waals surface area (Å²) in [5, 5.41) is 4.05. The smallest absolute Gasteiger partial charge is 0.247 e. The van der Waals surface area contributed by atoms with E-state index in [4.69, 9.17) is 0 Å². The number of rotatable bonds is 4. The quantitative estimate of drug-likeness (QED) is 0.787. The number of piperidine rings is 1. The molecule has 0 radical (unpaired) electrons. The van der Waals surface area contributed by atoms with E-state index in [1.54, 1.807) is 21.9 Å². The van der Waals surface area contributed by atoms with Crippen LogP contribution in [0.2, 0.25) is 0 Å². The molecule has 5 heteroatoms. The van der Waals surface area contributed by atoms with Crippen LogP contribution in [0.15, 0.2) is 18.3 Å². The fourth-order valence-corrected chi connectivity index (χ4v) is 2.57. The number of carbonyl (C=O) groups is 2. The average Bonchev–Trinajstić information content (AvgIpc) is 2.89. The van der Waals surface area contributed by atoms with Crippen LogP contribution >= 0.6 is 0 Å². The largest absolute Gasteiger partial charge is 0.329 e. The molecular weight excluding hydrogens is 254 g/mol. The predicted octanol–water partition coefficient (Wildman–Crippen LogP) is 1.79. The summed E-state index contributed by atoms with van der Waals surface area (Å²) in [5.74, 6) is 0.0738. The van der Waals surface area contributed by atoms with E-state index in [9.17, 15) is 9.59 Å². The first kappa shape index (κ1) is 14.5. The number of ketones is 1. The van der Waals surface area contributed by atoms with Gasteiger partial charge in [-0.05, 0) is 31.4 Å². The lowest BCUT2D eigenvalue weighted by Crippen LogP contribution is -2.47. The Bertz CT molecular complexity index is 519. The molecule has 2 rings (SSSR count). The molecule has 1 fully saturated rings. The van der Waals surface area contributed by atoms with E-state index in [1.165, 1.54) is 6.08 Å². The summed E-state index contributed by atoms with van der Waals surface area (Å²) in [7, 11) is 1.83. The number of hydrogen-bond donors (Lipinski definition) is 0. The van der Waals surface area contributed by atoms with Crippen molar-refractivity contribution in [1.82, 2.24) is 14.7 Å². The zero-order valence-corrected chi connectivity index (χ0v) is 12.1. The van der Waals surface area contributed by atoms with Crippen molar-refractivity contribution in [3.8, 4) is 0 Å². The van der Waals surface area contributed by atoms with Gasteiger partial charge < -0.3 is 4.90 Å².